The number of benzene rings is 2. The first kappa shape index (κ1) is 54.9. The van der Waals surface area contributed by atoms with Crippen LogP contribution in [0.3, 0.4) is 0 Å². The van der Waals surface area contributed by atoms with E-state index in [1.165, 1.54) is 61.4 Å². The summed E-state index contributed by atoms with van der Waals surface area (Å²) in [6.45, 7) is 6.13. The number of carbonyl (C=O) groups excluding carboxylic acids is 10. The zero-order chi connectivity index (χ0) is 49.0. The number of hydrogen-bond donors (Lipinski definition) is 6. The molecule has 0 radical (unpaired) electrons. The summed E-state index contributed by atoms with van der Waals surface area (Å²) in [7, 11) is 0. The Morgan fingerprint density at radius 3 is 1.27 bits per heavy atom. The molecule has 1 aliphatic carbocycles. The molecule has 67 heavy (non-hydrogen) atoms. The lowest BCUT2D eigenvalue weighted by Gasteiger charge is -2.31. The zero-order valence-corrected chi connectivity index (χ0v) is 39.1. The fourth-order valence-corrected chi connectivity index (χ4v) is 7.57. The maximum Gasteiger partial charge on any atom is 0.347 e. The van der Waals surface area contributed by atoms with E-state index in [2.05, 4.69) is 46.2 Å². The molecule has 0 saturated heterocycles. The van der Waals surface area contributed by atoms with Gasteiger partial charge in [0.15, 0.2) is 0 Å². The Labute approximate surface area is 392 Å². The van der Waals surface area contributed by atoms with Gasteiger partial charge in [-0.2, -0.15) is 0 Å². The van der Waals surface area contributed by atoms with Crippen LogP contribution in [0.25, 0.3) is 0 Å². The number of para-hydroxylation sites is 2. The molecule has 6 N–H and O–H groups in total. The molecule has 3 rings (SSSR count). The number of esters is 4. The van der Waals surface area contributed by atoms with Crippen molar-refractivity contribution in [3.8, 4) is 0 Å². The molecule has 0 spiro atoms. The topological polar surface area (TPSA) is 261 Å². The lowest BCUT2D eigenvalue weighted by Crippen LogP contribution is -2.42. The van der Waals surface area contributed by atoms with E-state index in [9.17, 15) is 47.9 Å². The second kappa shape index (κ2) is 30.7. The second-order valence-corrected chi connectivity index (χ2v) is 17.0. The third-order valence-electron chi connectivity index (χ3n) is 11.3. The van der Waals surface area contributed by atoms with Crippen molar-refractivity contribution < 1.29 is 57.4 Å². The van der Waals surface area contributed by atoms with Crippen molar-refractivity contribution in [3.05, 3.63) is 59.7 Å². The van der Waals surface area contributed by atoms with E-state index in [4.69, 9.17) is 9.47 Å². The van der Waals surface area contributed by atoms with Crippen LogP contribution in [0.4, 0.5) is 11.4 Å². The van der Waals surface area contributed by atoms with Crippen LogP contribution >= 0.6 is 0 Å². The Balaban J connectivity index is 1.51. The number of carbonyl (C=O) groups is 10. The first-order chi connectivity index (χ1) is 32.2. The first-order valence-corrected chi connectivity index (χ1v) is 23.7. The minimum Gasteiger partial charge on any atom is -0.389 e. The molecule has 1 fully saturated rings. The molecular weight excluding hydrogens is 865 g/mol. The van der Waals surface area contributed by atoms with Gasteiger partial charge in [-0.15, -0.1) is 0 Å². The van der Waals surface area contributed by atoms with Crippen molar-refractivity contribution in [2.75, 3.05) is 10.6 Å². The van der Waals surface area contributed by atoms with Crippen LogP contribution in [0.5, 0.6) is 0 Å². The van der Waals surface area contributed by atoms with Gasteiger partial charge < -0.3 is 20.1 Å². The number of amides is 6. The van der Waals surface area contributed by atoms with Crippen molar-refractivity contribution in [2.24, 2.45) is 17.8 Å². The summed E-state index contributed by atoms with van der Waals surface area (Å²) in [5.41, 5.74) is 8.42. The van der Waals surface area contributed by atoms with E-state index >= 15 is 0 Å². The van der Waals surface area contributed by atoms with E-state index in [0.29, 0.717) is 19.3 Å². The first-order valence-electron chi connectivity index (χ1n) is 23.7. The second-order valence-electron chi connectivity index (χ2n) is 17.0. The highest BCUT2D eigenvalue weighted by molar-refractivity contribution is 6.10. The van der Waals surface area contributed by atoms with Crippen LogP contribution < -0.4 is 32.3 Å². The molecule has 2 aromatic carbocycles. The van der Waals surface area contributed by atoms with Crippen LogP contribution in [-0.4, -0.2) is 59.3 Å². The summed E-state index contributed by atoms with van der Waals surface area (Å²) in [4.78, 5) is 128. The van der Waals surface area contributed by atoms with E-state index in [1.807, 2.05) is 6.92 Å². The SMILES string of the molecule is CCCCCCCCCC(=O)NNC(=O)CC(=O)Nc1ccccc1C(=O)OC(=O)C1CCC(C)CC1C(=O)OC(=O)c1ccccc1NC(=O)CC(=O)NNC(=O)CCCCCCCCC. The maximum atomic E-state index is 13.6. The van der Waals surface area contributed by atoms with Gasteiger partial charge in [-0.3, -0.25) is 60.1 Å². The fraction of sp³-hybridized carbons (Fsp3) is 0.551. The third kappa shape index (κ3) is 21.2. The molecule has 2 aromatic rings. The molecule has 1 saturated carbocycles. The molecule has 18 nitrogen and oxygen atoms in total. The van der Waals surface area contributed by atoms with E-state index < -0.39 is 84.0 Å². The molecule has 0 aromatic heterocycles. The predicted octanol–water partition coefficient (Wildman–Crippen LogP) is 7.04. The van der Waals surface area contributed by atoms with Crippen LogP contribution in [0, 0.1) is 17.8 Å². The minimum atomic E-state index is -1.19. The van der Waals surface area contributed by atoms with Gasteiger partial charge in [0.05, 0.1) is 34.3 Å². The standard InChI is InChI=1S/C49H68N6O12/c1-4-6-8-10-12-14-16-26-40(56)52-54-44(60)31-42(58)50-38-24-20-18-22-35(38)47(63)66-46(62)34-29-28-33(3)30-37(34)49(65)67-48(64)36-23-19-21-25-39(36)51-43(59)32-45(61)55-53-41(57)27-17-15-13-11-9-7-5-2/h18-25,33-34,37H,4-17,26-32H2,1-3H3,(H,50,58)(H,51,59)(H,52,56)(H,53,57)(H,54,60)(H,55,61). The summed E-state index contributed by atoms with van der Waals surface area (Å²) >= 11 is 0. The van der Waals surface area contributed by atoms with Gasteiger partial charge in [-0.1, -0.05) is 122 Å². The molecule has 1 aliphatic rings. The Morgan fingerprint density at radius 1 is 0.463 bits per heavy atom. The van der Waals surface area contributed by atoms with Gasteiger partial charge in [-0.25, -0.2) is 9.59 Å². The molecule has 366 valence electrons. The number of hydrogen-bond acceptors (Lipinski definition) is 12. The van der Waals surface area contributed by atoms with Crippen LogP contribution in [0.15, 0.2) is 48.5 Å². The Hall–Kier alpha value is -6.46. The van der Waals surface area contributed by atoms with Crippen molar-refractivity contribution >= 4 is 70.7 Å². The molecule has 18 heteroatoms. The van der Waals surface area contributed by atoms with E-state index in [-0.39, 0.29) is 54.1 Å². The lowest BCUT2D eigenvalue weighted by atomic mass is 9.74. The van der Waals surface area contributed by atoms with Crippen LogP contribution in [0.2, 0.25) is 0 Å². The molecule has 3 unspecified atom stereocenters. The summed E-state index contributed by atoms with van der Waals surface area (Å²) in [6.07, 6.45) is 14.2. The van der Waals surface area contributed by atoms with Crippen molar-refractivity contribution in [3.63, 3.8) is 0 Å². The molecular formula is C49H68N6O12. The summed E-state index contributed by atoms with van der Waals surface area (Å²) in [5, 5.41) is 4.89. The average Bonchev–Trinajstić information content (AvgIpc) is 3.29. The smallest absolute Gasteiger partial charge is 0.347 e. The monoisotopic (exact) mass is 932 g/mol. The number of ether oxygens (including phenoxy) is 2. The van der Waals surface area contributed by atoms with E-state index in [1.54, 1.807) is 0 Å². The minimum absolute atomic E-state index is 0.0628. The fourth-order valence-electron chi connectivity index (χ4n) is 7.57. The van der Waals surface area contributed by atoms with Crippen LogP contribution in [0.1, 0.15) is 176 Å². The number of unbranched alkanes of at least 4 members (excludes halogenated alkanes) is 12. The number of nitrogens with one attached hydrogen (secondary N) is 6. The third-order valence-corrected chi connectivity index (χ3v) is 11.3. The normalized spacial score (nSPS) is 15.2. The highest BCUT2D eigenvalue weighted by Gasteiger charge is 2.42. The Kier molecular flexibility index (Phi) is 25.1. The van der Waals surface area contributed by atoms with E-state index in [0.717, 1.165) is 64.2 Å². The summed E-state index contributed by atoms with van der Waals surface area (Å²) < 4.78 is 10.5. The predicted molar refractivity (Wildman–Crippen MR) is 248 cm³/mol. The quantitative estimate of drug-likeness (QED) is 0.0240. The summed E-state index contributed by atoms with van der Waals surface area (Å²) in [5.74, 6) is -10.9. The zero-order valence-electron chi connectivity index (χ0n) is 39.1. The Bertz CT molecular complexity index is 2020. The molecule has 3 atom stereocenters. The van der Waals surface area contributed by atoms with Gasteiger partial charge in [0.25, 0.3) is 0 Å². The average molecular weight is 933 g/mol. The largest absolute Gasteiger partial charge is 0.389 e. The van der Waals surface area contributed by atoms with Crippen LogP contribution in [-0.2, 0) is 47.8 Å². The van der Waals surface area contributed by atoms with Crippen molar-refractivity contribution in [1.29, 1.82) is 0 Å². The highest BCUT2D eigenvalue weighted by Crippen LogP contribution is 2.36. The van der Waals surface area contributed by atoms with Gasteiger partial charge in [0, 0.05) is 12.8 Å². The molecule has 6 amide bonds. The van der Waals surface area contributed by atoms with Crippen molar-refractivity contribution in [2.45, 2.75) is 156 Å². The molecule has 0 bridgehead atoms. The van der Waals surface area contributed by atoms with Crippen molar-refractivity contribution in [1.82, 2.24) is 21.7 Å². The number of rotatable bonds is 26. The highest BCUT2D eigenvalue weighted by atomic mass is 16.6. The van der Waals surface area contributed by atoms with Gasteiger partial charge in [0.1, 0.15) is 12.8 Å². The van der Waals surface area contributed by atoms with Gasteiger partial charge >= 0.3 is 23.9 Å². The number of anilines is 2. The molecule has 0 heterocycles. The van der Waals surface area contributed by atoms with Gasteiger partial charge in [0.2, 0.25) is 35.4 Å². The summed E-state index contributed by atoms with van der Waals surface area (Å²) in [6, 6.07) is 11.3. The van der Waals surface area contributed by atoms with Gasteiger partial charge in [-0.05, 0) is 62.3 Å². The number of hydrazine groups is 2. The lowest BCUT2D eigenvalue weighted by molar-refractivity contribution is -0.157. The molecule has 0 aliphatic heterocycles. The maximum absolute atomic E-state index is 13.6. The Morgan fingerprint density at radius 2 is 0.836 bits per heavy atom.